The van der Waals surface area contributed by atoms with E-state index in [0.717, 1.165) is 17.6 Å². The summed E-state index contributed by atoms with van der Waals surface area (Å²) in [6, 6.07) is 9.01. The van der Waals surface area contributed by atoms with Crippen LogP contribution >= 0.6 is 15.9 Å². The summed E-state index contributed by atoms with van der Waals surface area (Å²) in [5, 5.41) is 6.30. The highest BCUT2D eigenvalue weighted by Crippen LogP contribution is 2.14. The average Bonchev–Trinajstić information content (AvgIpc) is 2.97. The summed E-state index contributed by atoms with van der Waals surface area (Å²) in [6.07, 6.45) is 4.02. The van der Waals surface area contributed by atoms with Gasteiger partial charge in [0.15, 0.2) is 5.96 Å². The highest BCUT2D eigenvalue weighted by Gasteiger charge is 2.04. The maximum Gasteiger partial charge on any atom is 0.191 e. The van der Waals surface area contributed by atoms with Crippen LogP contribution in [0.1, 0.15) is 5.56 Å². The van der Waals surface area contributed by atoms with E-state index in [-0.39, 0.29) is 5.82 Å². The Bertz CT molecular complexity index is 596. The minimum atomic E-state index is -0.236. The van der Waals surface area contributed by atoms with Gasteiger partial charge in [0.05, 0.1) is 0 Å². The first-order chi connectivity index (χ1) is 10.2. The van der Waals surface area contributed by atoms with E-state index in [2.05, 4.69) is 36.1 Å². The van der Waals surface area contributed by atoms with Crippen molar-refractivity contribution in [3.8, 4) is 0 Å². The van der Waals surface area contributed by atoms with Crippen LogP contribution in [0.5, 0.6) is 0 Å². The molecule has 0 unspecified atom stereocenters. The largest absolute Gasteiger partial charge is 0.355 e. The fourth-order valence-electron chi connectivity index (χ4n) is 1.89. The lowest BCUT2D eigenvalue weighted by Gasteiger charge is -2.12. The molecule has 0 bridgehead atoms. The number of aliphatic imine (C=N–C) groups is 1. The van der Waals surface area contributed by atoms with Gasteiger partial charge in [-0.15, -0.1) is 0 Å². The summed E-state index contributed by atoms with van der Waals surface area (Å²) >= 11 is 3.24. The zero-order chi connectivity index (χ0) is 15.1. The van der Waals surface area contributed by atoms with Crippen molar-refractivity contribution in [1.82, 2.24) is 15.2 Å². The van der Waals surface area contributed by atoms with Crippen molar-refractivity contribution < 1.29 is 4.39 Å². The molecule has 112 valence electrons. The number of hydrogen-bond acceptors (Lipinski definition) is 1. The minimum absolute atomic E-state index is 0.236. The maximum absolute atomic E-state index is 13.7. The predicted molar refractivity (Wildman–Crippen MR) is 86.7 cm³/mol. The smallest absolute Gasteiger partial charge is 0.191 e. The molecular weight excluding hydrogens is 335 g/mol. The third kappa shape index (κ3) is 4.90. The Hall–Kier alpha value is -1.82. The Morgan fingerprint density at radius 2 is 2.05 bits per heavy atom. The Balaban J connectivity index is 1.79. The Morgan fingerprint density at radius 3 is 2.71 bits per heavy atom. The summed E-state index contributed by atoms with van der Waals surface area (Å²) in [4.78, 5) is 4.12. The van der Waals surface area contributed by atoms with E-state index in [1.807, 2.05) is 30.6 Å². The lowest BCUT2D eigenvalue weighted by Crippen LogP contribution is -2.38. The molecule has 2 N–H and O–H groups in total. The number of nitrogens with one attached hydrogen (secondary N) is 2. The molecule has 0 amide bonds. The lowest BCUT2D eigenvalue weighted by atomic mass is 10.2. The van der Waals surface area contributed by atoms with Crippen LogP contribution in [0.25, 0.3) is 0 Å². The number of guanidine groups is 1. The maximum atomic E-state index is 13.7. The van der Waals surface area contributed by atoms with Crippen molar-refractivity contribution >= 4 is 21.9 Å². The molecule has 0 saturated heterocycles. The molecule has 4 nitrogen and oxygen atoms in total. The third-order valence-electron chi connectivity index (χ3n) is 3.01. The quantitative estimate of drug-likeness (QED) is 0.641. The summed E-state index contributed by atoms with van der Waals surface area (Å²) in [6.45, 7) is 1.99. The fraction of sp³-hybridized carbons (Fsp3) is 0.267. The molecule has 0 spiro atoms. The van der Waals surface area contributed by atoms with Gasteiger partial charge in [0.2, 0.25) is 0 Å². The molecule has 2 aromatic rings. The van der Waals surface area contributed by atoms with Crippen LogP contribution in [0.2, 0.25) is 0 Å². The second kappa shape index (κ2) is 7.83. The molecule has 0 aliphatic heterocycles. The van der Waals surface area contributed by atoms with E-state index in [0.29, 0.717) is 18.1 Å². The average molecular weight is 353 g/mol. The fourth-order valence-corrected chi connectivity index (χ4v) is 2.22. The van der Waals surface area contributed by atoms with Gasteiger partial charge < -0.3 is 15.2 Å². The second-order valence-electron chi connectivity index (χ2n) is 4.51. The molecule has 0 aliphatic carbocycles. The van der Waals surface area contributed by atoms with Crippen molar-refractivity contribution in [2.45, 2.75) is 13.1 Å². The number of benzene rings is 1. The first-order valence-corrected chi connectivity index (χ1v) is 7.47. The standard InChI is InChI=1S/C15H18BrFN4/c1-18-15(19-6-9-21-7-2-3-8-21)20-11-12-4-5-13(16)10-14(12)17/h2-5,7-8,10H,6,9,11H2,1H3,(H2,18,19,20). The van der Waals surface area contributed by atoms with Gasteiger partial charge in [0.1, 0.15) is 5.82 Å². The van der Waals surface area contributed by atoms with E-state index in [1.165, 1.54) is 6.07 Å². The Labute approximate surface area is 132 Å². The van der Waals surface area contributed by atoms with Crippen molar-refractivity contribution in [3.05, 3.63) is 58.6 Å². The van der Waals surface area contributed by atoms with Crippen LogP contribution in [0.3, 0.4) is 0 Å². The van der Waals surface area contributed by atoms with Crippen molar-refractivity contribution in [2.75, 3.05) is 13.6 Å². The van der Waals surface area contributed by atoms with E-state index >= 15 is 0 Å². The second-order valence-corrected chi connectivity index (χ2v) is 5.42. The summed E-state index contributed by atoms with van der Waals surface area (Å²) < 4.78 is 16.5. The van der Waals surface area contributed by atoms with Crippen LogP contribution in [0.4, 0.5) is 4.39 Å². The minimum Gasteiger partial charge on any atom is -0.355 e. The van der Waals surface area contributed by atoms with Crippen LogP contribution < -0.4 is 10.6 Å². The Kier molecular flexibility index (Phi) is 5.80. The van der Waals surface area contributed by atoms with E-state index < -0.39 is 0 Å². The Morgan fingerprint density at radius 1 is 1.29 bits per heavy atom. The SMILES string of the molecule is CN=C(NCCn1cccc1)NCc1ccc(Br)cc1F. The predicted octanol–water partition coefficient (Wildman–Crippen LogP) is 2.75. The van der Waals surface area contributed by atoms with Gasteiger partial charge in [0.25, 0.3) is 0 Å². The molecule has 0 radical (unpaired) electrons. The zero-order valence-corrected chi connectivity index (χ0v) is 13.4. The first-order valence-electron chi connectivity index (χ1n) is 6.68. The molecule has 0 fully saturated rings. The molecule has 1 aromatic carbocycles. The number of nitrogens with zero attached hydrogens (tertiary/aromatic N) is 2. The summed E-state index contributed by atoms with van der Waals surface area (Å²) in [5.41, 5.74) is 0.603. The van der Waals surface area contributed by atoms with Gasteiger partial charge >= 0.3 is 0 Å². The van der Waals surface area contributed by atoms with Crippen LogP contribution in [-0.2, 0) is 13.1 Å². The van der Waals surface area contributed by atoms with E-state index in [9.17, 15) is 4.39 Å². The number of aromatic nitrogens is 1. The zero-order valence-electron chi connectivity index (χ0n) is 11.8. The third-order valence-corrected chi connectivity index (χ3v) is 3.51. The van der Waals surface area contributed by atoms with Crippen LogP contribution in [0.15, 0.2) is 52.2 Å². The van der Waals surface area contributed by atoms with Gasteiger partial charge in [-0.1, -0.05) is 22.0 Å². The number of halogens is 2. The molecule has 6 heteroatoms. The molecule has 2 rings (SSSR count). The molecule has 1 heterocycles. The monoisotopic (exact) mass is 352 g/mol. The van der Waals surface area contributed by atoms with Gasteiger partial charge in [-0.3, -0.25) is 4.99 Å². The summed E-state index contributed by atoms with van der Waals surface area (Å²) in [5.74, 6) is 0.421. The van der Waals surface area contributed by atoms with Crippen molar-refractivity contribution in [2.24, 2.45) is 4.99 Å². The molecule has 1 aromatic heterocycles. The van der Waals surface area contributed by atoms with Gasteiger partial charge in [-0.2, -0.15) is 0 Å². The molecule has 0 aliphatic rings. The molecule has 0 atom stereocenters. The van der Waals surface area contributed by atoms with Crippen LogP contribution in [0, 0.1) is 5.82 Å². The van der Waals surface area contributed by atoms with Gasteiger partial charge in [0, 0.05) is 49.1 Å². The van der Waals surface area contributed by atoms with Crippen LogP contribution in [-0.4, -0.2) is 24.1 Å². The topological polar surface area (TPSA) is 41.4 Å². The molecule has 21 heavy (non-hydrogen) atoms. The molecular formula is C15H18BrFN4. The normalized spacial score (nSPS) is 11.5. The van der Waals surface area contributed by atoms with Gasteiger partial charge in [-0.25, -0.2) is 4.39 Å². The van der Waals surface area contributed by atoms with E-state index in [4.69, 9.17) is 0 Å². The molecule has 0 saturated carbocycles. The number of hydrogen-bond donors (Lipinski definition) is 2. The first kappa shape index (κ1) is 15.6. The summed E-state index contributed by atoms with van der Waals surface area (Å²) in [7, 11) is 1.70. The number of rotatable bonds is 5. The van der Waals surface area contributed by atoms with Gasteiger partial charge in [-0.05, 0) is 24.3 Å². The highest BCUT2D eigenvalue weighted by molar-refractivity contribution is 9.10. The van der Waals surface area contributed by atoms with E-state index in [1.54, 1.807) is 13.1 Å². The highest BCUT2D eigenvalue weighted by atomic mass is 79.9. The van der Waals surface area contributed by atoms with Crippen molar-refractivity contribution in [3.63, 3.8) is 0 Å². The van der Waals surface area contributed by atoms with Crippen molar-refractivity contribution in [1.29, 1.82) is 0 Å². The lowest BCUT2D eigenvalue weighted by molar-refractivity contribution is 0.602.